The quantitative estimate of drug-likeness (QED) is 0.689. The SMILES string of the molecule is CC(C)N(C)S(=O)(=O)c1cccc(C(=O)OCC(=O)Nc2cccc(Cl)c2)c1. The monoisotopic (exact) mass is 424 g/mol. The van der Waals surface area contributed by atoms with Gasteiger partial charge in [0.05, 0.1) is 10.5 Å². The summed E-state index contributed by atoms with van der Waals surface area (Å²) >= 11 is 5.84. The Balaban J connectivity index is 2.04. The second-order valence-corrected chi connectivity index (χ2v) is 8.71. The lowest BCUT2D eigenvalue weighted by Crippen LogP contribution is -2.33. The summed E-state index contributed by atoms with van der Waals surface area (Å²) in [7, 11) is -2.27. The van der Waals surface area contributed by atoms with Gasteiger partial charge in [-0.15, -0.1) is 0 Å². The number of sulfonamides is 1. The summed E-state index contributed by atoms with van der Waals surface area (Å²) in [6.45, 7) is 2.97. The van der Waals surface area contributed by atoms with E-state index in [1.165, 1.54) is 35.6 Å². The summed E-state index contributed by atoms with van der Waals surface area (Å²) in [5.41, 5.74) is 0.507. The zero-order valence-electron chi connectivity index (χ0n) is 15.7. The molecule has 7 nitrogen and oxygen atoms in total. The van der Waals surface area contributed by atoms with Gasteiger partial charge in [0.1, 0.15) is 0 Å². The minimum atomic E-state index is -3.74. The molecule has 150 valence electrons. The number of hydrogen-bond donors (Lipinski definition) is 1. The summed E-state index contributed by atoms with van der Waals surface area (Å²) in [6, 6.07) is 11.8. The molecule has 1 N–H and O–H groups in total. The van der Waals surface area contributed by atoms with Gasteiger partial charge in [0.15, 0.2) is 6.61 Å². The van der Waals surface area contributed by atoms with Crippen LogP contribution in [0.4, 0.5) is 5.69 Å². The number of halogens is 1. The number of nitrogens with zero attached hydrogens (tertiary/aromatic N) is 1. The standard InChI is InChI=1S/C19H21ClN2O5S/c1-13(2)22(3)28(25,26)17-9-4-6-14(10-17)19(24)27-12-18(23)21-16-8-5-7-15(20)11-16/h4-11,13H,12H2,1-3H3,(H,21,23). The molecule has 9 heteroatoms. The number of ether oxygens (including phenoxy) is 1. The van der Waals surface area contributed by atoms with Crippen LogP contribution >= 0.6 is 11.6 Å². The first-order valence-electron chi connectivity index (χ1n) is 8.42. The molecule has 0 spiro atoms. The van der Waals surface area contributed by atoms with E-state index >= 15 is 0 Å². The maximum atomic E-state index is 12.5. The Kier molecular flexibility index (Phi) is 7.17. The number of carbonyl (C=O) groups excluding carboxylic acids is 2. The van der Waals surface area contributed by atoms with Gasteiger partial charge in [-0.05, 0) is 50.2 Å². The highest BCUT2D eigenvalue weighted by Gasteiger charge is 2.24. The van der Waals surface area contributed by atoms with Gasteiger partial charge in [-0.25, -0.2) is 13.2 Å². The molecule has 0 unspecified atom stereocenters. The van der Waals surface area contributed by atoms with E-state index in [1.807, 2.05) is 0 Å². The van der Waals surface area contributed by atoms with Crippen LogP contribution in [0.5, 0.6) is 0 Å². The van der Waals surface area contributed by atoms with Gasteiger partial charge < -0.3 is 10.1 Å². The molecule has 0 fully saturated rings. The molecule has 0 aromatic heterocycles. The molecule has 2 rings (SSSR count). The van der Waals surface area contributed by atoms with Crippen LogP contribution < -0.4 is 5.32 Å². The van der Waals surface area contributed by atoms with Gasteiger partial charge in [0.25, 0.3) is 5.91 Å². The van der Waals surface area contributed by atoms with Crippen molar-refractivity contribution in [2.24, 2.45) is 0 Å². The highest BCUT2D eigenvalue weighted by molar-refractivity contribution is 7.89. The lowest BCUT2D eigenvalue weighted by atomic mass is 10.2. The smallest absolute Gasteiger partial charge is 0.338 e. The molecule has 0 saturated carbocycles. The molecular weight excluding hydrogens is 404 g/mol. The van der Waals surface area contributed by atoms with E-state index in [1.54, 1.807) is 38.1 Å². The van der Waals surface area contributed by atoms with Crippen LogP contribution in [0.1, 0.15) is 24.2 Å². The number of esters is 1. The number of rotatable bonds is 7. The molecule has 0 heterocycles. The van der Waals surface area contributed by atoms with Crippen molar-refractivity contribution in [2.75, 3.05) is 19.0 Å². The minimum absolute atomic E-state index is 0.0264. The fraction of sp³-hybridized carbons (Fsp3) is 0.263. The predicted octanol–water partition coefficient (Wildman–Crippen LogP) is 3.16. The van der Waals surface area contributed by atoms with Gasteiger partial charge in [-0.1, -0.05) is 23.7 Å². The topological polar surface area (TPSA) is 92.8 Å². The molecule has 0 aliphatic heterocycles. The Hall–Kier alpha value is -2.42. The Bertz CT molecular complexity index is 976. The first kappa shape index (κ1) is 21.9. The average molecular weight is 425 g/mol. The fourth-order valence-electron chi connectivity index (χ4n) is 2.21. The number of amides is 1. The maximum Gasteiger partial charge on any atom is 0.338 e. The van der Waals surface area contributed by atoms with Crippen molar-refractivity contribution in [1.82, 2.24) is 4.31 Å². The molecule has 2 aromatic carbocycles. The van der Waals surface area contributed by atoms with E-state index in [0.29, 0.717) is 10.7 Å². The summed E-state index contributed by atoms with van der Waals surface area (Å²) in [5, 5.41) is 3.01. The Morgan fingerprint density at radius 1 is 1.14 bits per heavy atom. The molecule has 1 amide bonds. The number of anilines is 1. The van der Waals surface area contributed by atoms with Crippen LogP contribution in [0.2, 0.25) is 5.02 Å². The van der Waals surface area contributed by atoms with Crippen LogP contribution in [0.25, 0.3) is 0 Å². The maximum absolute atomic E-state index is 12.5. The fourth-order valence-corrected chi connectivity index (χ4v) is 3.81. The van der Waals surface area contributed by atoms with Crippen molar-refractivity contribution < 1.29 is 22.7 Å². The van der Waals surface area contributed by atoms with E-state index in [-0.39, 0.29) is 16.5 Å². The Morgan fingerprint density at radius 3 is 2.46 bits per heavy atom. The first-order chi connectivity index (χ1) is 13.1. The number of hydrogen-bond acceptors (Lipinski definition) is 5. The van der Waals surface area contributed by atoms with Crippen LogP contribution in [-0.2, 0) is 19.6 Å². The lowest BCUT2D eigenvalue weighted by molar-refractivity contribution is -0.119. The molecule has 0 saturated heterocycles. The van der Waals surface area contributed by atoms with Crippen molar-refractivity contribution >= 4 is 39.2 Å². The number of carbonyl (C=O) groups is 2. The molecule has 0 atom stereocenters. The van der Waals surface area contributed by atoms with E-state index < -0.39 is 28.5 Å². The Labute approximate surface area is 169 Å². The second-order valence-electron chi connectivity index (χ2n) is 6.28. The molecule has 2 aromatic rings. The zero-order valence-corrected chi connectivity index (χ0v) is 17.3. The van der Waals surface area contributed by atoms with Crippen molar-refractivity contribution in [1.29, 1.82) is 0 Å². The van der Waals surface area contributed by atoms with Gasteiger partial charge >= 0.3 is 5.97 Å². The van der Waals surface area contributed by atoms with E-state index in [4.69, 9.17) is 16.3 Å². The van der Waals surface area contributed by atoms with E-state index in [2.05, 4.69) is 5.32 Å². The highest BCUT2D eigenvalue weighted by atomic mass is 35.5. The summed E-state index contributed by atoms with van der Waals surface area (Å²) < 4.78 is 31.3. The van der Waals surface area contributed by atoms with Gasteiger partial charge in [0, 0.05) is 23.8 Å². The van der Waals surface area contributed by atoms with Crippen molar-refractivity contribution in [3.63, 3.8) is 0 Å². The van der Waals surface area contributed by atoms with Crippen molar-refractivity contribution in [3.05, 3.63) is 59.1 Å². The molecule has 0 radical (unpaired) electrons. The normalized spacial score (nSPS) is 11.5. The molecule has 0 aliphatic rings. The van der Waals surface area contributed by atoms with Crippen molar-refractivity contribution in [3.8, 4) is 0 Å². The predicted molar refractivity (Wildman–Crippen MR) is 107 cm³/mol. The number of nitrogens with one attached hydrogen (secondary N) is 1. The molecule has 28 heavy (non-hydrogen) atoms. The molecule has 0 aliphatic carbocycles. The summed E-state index contributed by atoms with van der Waals surface area (Å²) in [5.74, 6) is -1.34. The third-order valence-electron chi connectivity index (χ3n) is 3.92. The highest BCUT2D eigenvalue weighted by Crippen LogP contribution is 2.18. The van der Waals surface area contributed by atoms with Gasteiger partial charge in [0.2, 0.25) is 10.0 Å². The average Bonchev–Trinajstić information content (AvgIpc) is 2.65. The largest absolute Gasteiger partial charge is 0.452 e. The lowest BCUT2D eigenvalue weighted by Gasteiger charge is -2.21. The molecular formula is C19H21ClN2O5S. The van der Waals surface area contributed by atoms with Crippen LogP contribution in [0.3, 0.4) is 0 Å². The van der Waals surface area contributed by atoms with Crippen LogP contribution in [0, 0.1) is 0 Å². The summed E-state index contributed by atoms with van der Waals surface area (Å²) in [4.78, 5) is 24.1. The molecule has 0 bridgehead atoms. The van der Waals surface area contributed by atoms with Crippen molar-refractivity contribution in [2.45, 2.75) is 24.8 Å². The minimum Gasteiger partial charge on any atom is -0.452 e. The number of benzene rings is 2. The second kappa shape index (κ2) is 9.18. The third-order valence-corrected chi connectivity index (χ3v) is 6.18. The van der Waals surface area contributed by atoms with E-state index in [9.17, 15) is 18.0 Å². The van der Waals surface area contributed by atoms with Gasteiger partial charge in [-0.3, -0.25) is 4.79 Å². The van der Waals surface area contributed by atoms with Crippen LogP contribution in [0.15, 0.2) is 53.4 Å². The zero-order chi connectivity index (χ0) is 20.9. The first-order valence-corrected chi connectivity index (χ1v) is 10.2. The van der Waals surface area contributed by atoms with Gasteiger partial charge in [-0.2, -0.15) is 4.31 Å². The summed E-state index contributed by atoms with van der Waals surface area (Å²) in [6.07, 6.45) is 0. The van der Waals surface area contributed by atoms with E-state index in [0.717, 1.165) is 0 Å². The van der Waals surface area contributed by atoms with Crippen LogP contribution in [-0.4, -0.2) is 44.3 Å². The Morgan fingerprint density at radius 2 is 1.82 bits per heavy atom. The third kappa shape index (κ3) is 5.54.